The van der Waals surface area contributed by atoms with E-state index < -0.39 is 23.3 Å². The predicted molar refractivity (Wildman–Crippen MR) is 88.7 cm³/mol. The standard InChI is InChI=1S/C18H14N2O5/c1-10-3-4-12(7-11(10)2)16(21)9-19-17(22)14-6-5-13(20(24)25)8-15(14)18(19)23/h3-8H,9H2,1-2H3. The molecule has 7 heteroatoms. The third kappa shape index (κ3) is 2.80. The van der Waals surface area contributed by atoms with Gasteiger partial charge < -0.3 is 0 Å². The van der Waals surface area contributed by atoms with E-state index in [0.29, 0.717) is 5.56 Å². The lowest BCUT2D eigenvalue weighted by Crippen LogP contribution is -2.34. The molecule has 25 heavy (non-hydrogen) atoms. The summed E-state index contributed by atoms with van der Waals surface area (Å²) in [6.45, 7) is 3.39. The maximum Gasteiger partial charge on any atom is 0.270 e. The molecule has 0 saturated heterocycles. The first-order valence-electron chi connectivity index (χ1n) is 7.54. The van der Waals surface area contributed by atoms with E-state index in [1.54, 1.807) is 18.2 Å². The van der Waals surface area contributed by atoms with Gasteiger partial charge in [-0.1, -0.05) is 12.1 Å². The summed E-state index contributed by atoms with van der Waals surface area (Å²) < 4.78 is 0. The number of benzene rings is 2. The first-order valence-corrected chi connectivity index (χ1v) is 7.54. The summed E-state index contributed by atoms with van der Waals surface area (Å²) in [5, 5.41) is 10.8. The molecule has 0 aromatic heterocycles. The topological polar surface area (TPSA) is 97.6 Å². The fourth-order valence-electron chi connectivity index (χ4n) is 2.69. The average molecular weight is 338 g/mol. The maximum absolute atomic E-state index is 12.4. The third-order valence-corrected chi connectivity index (χ3v) is 4.30. The lowest BCUT2D eigenvalue weighted by Gasteiger charge is -2.13. The minimum atomic E-state index is -0.694. The van der Waals surface area contributed by atoms with Crippen molar-refractivity contribution in [3.63, 3.8) is 0 Å². The van der Waals surface area contributed by atoms with E-state index in [4.69, 9.17) is 0 Å². The van der Waals surface area contributed by atoms with E-state index in [1.165, 1.54) is 12.1 Å². The molecule has 0 fully saturated rings. The molecule has 7 nitrogen and oxygen atoms in total. The Morgan fingerprint density at radius 3 is 2.32 bits per heavy atom. The van der Waals surface area contributed by atoms with Gasteiger partial charge in [-0.2, -0.15) is 0 Å². The summed E-state index contributed by atoms with van der Waals surface area (Å²) >= 11 is 0. The number of nitrogens with zero attached hydrogens (tertiary/aromatic N) is 2. The summed E-state index contributed by atoms with van der Waals surface area (Å²) in [5.74, 6) is -1.68. The van der Waals surface area contributed by atoms with Crippen LogP contribution in [0.15, 0.2) is 36.4 Å². The number of hydrogen-bond donors (Lipinski definition) is 0. The fraction of sp³-hybridized carbons (Fsp3) is 0.167. The molecular weight excluding hydrogens is 324 g/mol. The molecule has 1 aliphatic rings. The number of nitro groups is 1. The van der Waals surface area contributed by atoms with Crippen LogP contribution in [0.3, 0.4) is 0 Å². The van der Waals surface area contributed by atoms with E-state index in [9.17, 15) is 24.5 Å². The Balaban J connectivity index is 1.87. The van der Waals surface area contributed by atoms with Crippen LogP contribution in [0, 0.1) is 24.0 Å². The number of aryl methyl sites for hydroxylation is 2. The zero-order valence-electron chi connectivity index (χ0n) is 13.6. The first kappa shape index (κ1) is 16.5. The van der Waals surface area contributed by atoms with E-state index in [-0.39, 0.29) is 22.6 Å². The molecule has 2 amide bonds. The fourth-order valence-corrected chi connectivity index (χ4v) is 2.69. The number of amides is 2. The molecule has 2 aromatic carbocycles. The highest BCUT2D eigenvalue weighted by Gasteiger charge is 2.37. The van der Waals surface area contributed by atoms with Gasteiger partial charge >= 0.3 is 0 Å². The summed E-state index contributed by atoms with van der Waals surface area (Å²) in [5.41, 5.74) is 2.12. The summed E-state index contributed by atoms with van der Waals surface area (Å²) in [6, 6.07) is 8.63. The number of ketones is 1. The average Bonchev–Trinajstić information content (AvgIpc) is 2.81. The Morgan fingerprint density at radius 1 is 1.00 bits per heavy atom. The lowest BCUT2D eigenvalue weighted by molar-refractivity contribution is -0.384. The molecule has 126 valence electrons. The largest absolute Gasteiger partial charge is 0.292 e. The summed E-state index contributed by atoms with van der Waals surface area (Å²) in [6.07, 6.45) is 0. The number of fused-ring (bicyclic) bond motifs is 1. The molecule has 3 rings (SSSR count). The molecule has 0 unspecified atom stereocenters. The molecule has 2 aromatic rings. The van der Waals surface area contributed by atoms with E-state index >= 15 is 0 Å². The molecule has 0 radical (unpaired) electrons. The Bertz CT molecular complexity index is 948. The van der Waals surface area contributed by atoms with Crippen LogP contribution in [0.5, 0.6) is 0 Å². The monoisotopic (exact) mass is 338 g/mol. The zero-order valence-corrected chi connectivity index (χ0v) is 13.6. The van der Waals surface area contributed by atoms with Crippen molar-refractivity contribution in [2.24, 2.45) is 0 Å². The van der Waals surface area contributed by atoms with Gasteiger partial charge in [0.2, 0.25) is 0 Å². The number of imide groups is 1. The number of carbonyl (C=O) groups is 3. The van der Waals surface area contributed by atoms with Crippen LogP contribution in [0.1, 0.15) is 42.2 Å². The molecule has 0 spiro atoms. The highest BCUT2D eigenvalue weighted by Crippen LogP contribution is 2.27. The van der Waals surface area contributed by atoms with E-state index in [2.05, 4.69) is 0 Å². The van der Waals surface area contributed by atoms with Crippen LogP contribution in [0.4, 0.5) is 5.69 Å². The predicted octanol–water partition coefficient (Wildman–Crippen LogP) is 2.69. The molecule has 0 bridgehead atoms. The van der Waals surface area contributed by atoms with Crippen LogP contribution >= 0.6 is 0 Å². The SMILES string of the molecule is Cc1ccc(C(=O)CN2C(=O)c3ccc([N+](=O)[O-])cc3C2=O)cc1C. The number of rotatable bonds is 4. The van der Waals surface area contributed by atoms with Crippen LogP contribution < -0.4 is 0 Å². The molecule has 1 aliphatic heterocycles. The van der Waals surface area contributed by atoms with Gasteiger partial charge in [0.05, 0.1) is 22.6 Å². The molecular formula is C18H14N2O5. The van der Waals surface area contributed by atoms with Crippen LogP contribution in [0.25, 0.3) is 0 Å². The van der Waals surface area contributed by atoms with Gasteiger partial charge in [-0.3, -0.25) is 29.4 Å². The van der Waals surface area contributed by atoms with Gasteiger partial charge in [0, 0.05) is 17.7 Å². The lowest BCUT2D eigenvalue weighted by atomic mass is 10.0. The highest BCUT2D eigenvalue weighted by molar-refractivity contribution is 6.23. The zero-order chi connectivity index (χ0) is 18.3. The molecule has 0 N–H and O–H groups in total. The number of Topliss-reactive ketones (excluding diaryl/α,β-unsaturated/α-hetero) is 1. The van der Waals surface area contributed by atoms with Crippen molar-refractivity contribution in [3.05, 3.63) is 74.3 Å². The number of non-ortho nitro benzene ring substituents is 1. The highest BCUT2D eigenvalue weighted by atomic mass is 16.6. The first-order chi connectivity index (χ1) is 11.8. The molecule has 0 saturated carbocycles. The van der Waals surface area contributed by atoms with Gasteiger partial charge in [-0.05, 0) is 37.1 Å². The molecule has 1 heterocycles. The Morgan fingerprint density at radius 2 is 1.68 bits per heavy atom. The van der Waals surface area contributed by atoms with Gasteiger partial charge in [0.15, 0.2) is 5.78 Å². The second-order valence-corrected chi connectivity index (χ2v) is 5.91. The second kappa shape index (κ2) is 5.94. The molecule has 0 atom stereocenters. The number of carbonyl (C=O) groups excluding carboxylic acids is 3. The second-order valence-electron chi connectivity index (χ2n) is 5.91. The van der Waals surface area contributed by atoms with Crippen molar-refractivity contribution in [2.45, 2.75) is 13.8 Å². The van der Waals surface area contributed by atoms with E-state index in [0.717, 1.165) is 22.1 Å². The van der Waals surface area contributed by atoms with Crippen molar-refractivity contribution in [1.29, 1.82) is 0 Å². The van der Waals surface area contributed by atoms with E-state index in [1.807, 2.05) is 13.8 Å². The Hall–Kier alpha value is -3.35. The van der Waals surface area contributed by atoms with Crippen molar-refractivity contribution in [3.8, 4) is 0 Å². The minimum Gasteiger partial charge on any atom is -0.292 e. The normalized spacial score (nSPS) is 13.1. The maximum atomic E-state index is 12.4. The van der Waals surface area contributed by atoms with Gasteiger partial charge in [-0.25, -0.2) is 0 Å². The smallest absolute Gasteiger partial charge is 0.270 e. The van der Waals surface area contributed by atoms with Crippen molar-refractivity contribution in [2.75, 3.05) is 6.54 Å². The van der Waals surface area contributed by atoms with Gasteiger partial charge in [0.1, 0.15) is 0 Å². The summed E-state index contributed by atoms with van der Waals surface area (Å²) in [4.78, 5) is 48.2. The third-order valence-electron chi connectivity index (χ3n) is 4.30. The van der Waals surface area contributed by atoms with Crippen LogP contribution in [0.2, 0.25) is 0 Å². The van der Waals surface area contributed by atoms with Crippen molar-refractivity contribution in [1.82, 2.24) is 4.90 Å². The van der Waals surface area contributed by atoms with Crippen LogP contribution in [-0.2, 0) is 0 Å². The Labute approximate surface area is 143 Å². The van der Waals surface area contributed by atoms with Crippen molar-refractivity contribution >= 4 is 23.3 Å². The minimum absolute atomic E-state index is 0.0490. The molecule has 0 aliphatic carbocycles. The number of hydrogen-bond acceptors (Lipinski definition) is 5. The quantitative estimate of drug-likeness (QED) is 0.369. The van der Waals surface area contributed by atoms with Crippen LogP contribution in [-0.4, -0.2) is 34.0 Å². The Kier molecular flexibility index (Phi) is 3.92. The summed E-state index contributed by atoms with van der Waals surface area (Å²) in [7, 11) is 0. The van der Waals surface area contributed by atoms with Gasteiger partial charge in [0.25, 0.3) is 17.5 Å². The number of nitro benzene ring substituents is 1. The van der Waals surface area contributed by atoms with Gasteiger partial charge in [-0.15, -0.1) is 0 Å². The van der Waals surface area contributed by atoms with Crippen molar-refractivity contribution < 1.29 is 19.3 Å².